The molecule has 0 saturated carbocycles. The number of nitrogens with one attached hydrogen (secondary N) is 3. The standard InChI is InChI=1S/C18H27BrN4O/c19-15-7-5-14(6-8-15)16-13-17(22-21-16)18(24)20-9-4-12-23-10-2-1-3-11-23/h5-8,16-17,21-22H,1-4,9-13H2,(H,20,24). The first-order valence-corrected chi connectivity index (χ1v) is 9.78. The normalized spacial score (nSPS) is 24.9. The molecule has 2 saturated heterocycles. The number of carbonyl (C=O) groups excluding carboxylic acids is 1. The topological polar surface area (TPSA) is 56.4 Å². The van der Waals surface area contributed by atoms with Crippen molar-refractivity contribution in [3.63, 3.8) is 0 Å². The fraction of sp³-hybridized carbons (Fsp3) is 0.611. The van der Waals surface area contributed by atoms with Gasteiger partial charge in [0.05, 0.1) is 0 Å². The fourth-order valence-electron chi connectivity index (χ4n) is 3.46. The van der Waals surface area contributed by atoms with Crippen LogP contribution in [0.15, 0.2) is 28.7 Å². The largest absolute Gasteiger partial charge is 0.355 e. The molecular formula is C18H27BrN4O. The molecule has 1 amide bonds. The second kappa shape index (κ2) is 8.94. The molecule has 2 aliphatic rings. The van der Waals surface area contributed by atoms with Crippen molar-refractivity contribution in [2.45, 2.75) is 44.2 Å². The van der Waals surface area contributed by atoms with Crippen LogP contribution in [0.3, 0.4) is 0 Å². The average molecular weight is 395 g/mol. The SMILES string of the molecule is O=C(NCCCN1CCCCC1)C1CC(c2ccc(Br)cc2)NN1. The van der Waals surface area contributed by atoms with Crippen LogP contribution in [0.1, 0.15) is 43.7 Å². The van der Waals surface area contributed by atoms with Crippen molar-refractivity contribution in [2.75, 3.05) is 26.2 Å². The fourth-order valence-corrected chi connectivity index (χ4v) is 3.73. The van der Waals surface area contributed by atoms with Crippen molar-refractivity contribution >= 4 is 21.8 Å². The smallest absolute Gasteiger partial charge is 0.238 e. The second-order valence-electron chi connectivity index (χ2n) is 6.73. The predicted molar refractivity (Wildman–Crippen MR) is 99.5 cm³/mol. The molecule has 2 unspecified atom stereocenters. The molecule has 5 nitrogen and oxygen atoms in total. The van der Waals surface area contributed by atoms with Crippen LogP contribution in [0.25, 0.3) is 0 Å². The molecular weight excluding hydrogens is 368 g/mol. The quantitative estimate of drug-likeness (QED) is 0.648. The van der Waals surface area contributed by atoms with Crippen LogP contribution in [0.4, 0.5) is 0 Å². The summed E-state index contributed by atoms with van der Waals surface area (Å²) in [6.07, 6.45) is 5.82. The van der Waals surface area contributed by atoms with Gasteiger partial charge in [0.2, 0.25) is 5.91 Å². The van der Waals surface area contributed by atoms with Crippen LogP contribution in [0, 0.1) is 0 Å². The third-order valence-electron chi connectivity index (χ3n) is 4.89. The number of halogens is 1. The predicted octanol–water partition coefficient (Wildman–Crippen LogP) is 2.35. The van der Waals surface area contributed by atoms with E-state index < -0.39 is 0 Å². The number of benzene rings is 1. The molecule has 2 fully saturated rings. The number of amides is 1. The lowest BCUT2D eigenvalue weighted by Crippen LogP contribution is -2.44. The molecule has 3 N–H and O–H groups in total. The number of hydrazine groups is 1. The maximum absolute atomic E-state index is 12.3. The van der Waals surface area contributed by atoms with E-state index in [0.29, 0.717) is 0 Å². The Morgan fingerprint density at radius 3 is 2.67 bits per heavy atom. The molecule has 132 valence electrons. The first-order chi connectivity index (χ1) is 11.7. The number of hydrogen-bond acceptors (Lipinski definition) is 4. The summed E-state index contributed by atoms with van der Waals surface area (Å²) in [6.45, 7) is 4.29. The Labute approximate surface area is 152 Å². The number of piperidine rings is 1. The van der Waals surface area contributed by atoms with Gasteiger partial charge >= 0.3 is 0 Å². The van der Waals surface area contributed by atoms with E-state index in [1.807, 2.05) is 12.1 Å². The minimum atomic E-state index is -0.159. The maximum Gasteiger partial charge on any atom is 0.238 e. The van der Waals surface area contributed by atoms with Crippen LogP contribution in [-0.4, -0.2) is 43.0 Å². The summed E-state index contributed by atoms with van der Waals surface area (Å²) in [5, 5.41) is 3.07. The Balaban J connectivity index is 1.36. The zero-order chi connectivity index (χ0) is 16.8. The molecule has 2 atom stereocenters. The molecule has 2 aliphatic heterocycles. The third kappa shape index (κ3) is 5.02. The Morgan fingerprint density at radius 2 is 1.92 bits per heavy atom. The Kier molecular flexibility index (Phi) is 6.66. The number of carbonyl (C=O) groups is 1. The second-order valence-corrected chi connectivity index (χ2v) is 7.64. The van der Waals surface area contributed by atoms with Crippen LogP contribution >= 0.6 is 15.9 Å². The van der Waals surface area contributed by atoms with Crippen molar-refractivity contribution in [2.24, 2.45) is 0 Å². The summed E-state index contributed by atoms with van der Waals surface area (Å²) in [5.41, 5.74) is 7.56. The van der Waals surface area contributed by atoms with E-state index in [4.69, 9.17) is 0 Å². The number of likely N-dealkylation sites (tertiary alicyclic amines) is 1. The minimum absolute atomic E-state index is 0.0979. The third-order valence-corrected chi connectivity index (χ3v) is 5.42. The summed E-state index contributed by atoms with van der Waals surface area (Å²) in [7, 11) is 0. The summed E-state index contributed by atoms with van der Waals surface area (Å²) >= 11 is 3.45. The van der Waals surface area contributed by atoms with Crippen LogP contribution in [0.2, 0.25) is 0 Å². The van der Waals surface area contributed by atoms with Gasteiger partial charge < -0.3 is 10.2 Å². The molecule has 3 rings (SSSR count). The van der Waals surface area contributed by atoms with E-state index in [2.05, 4.69) is 49.1 Å². The van der Waals surface area contributed by atoms with Gasteiger partial charge in [-0.1, -0.05) is 34.5 Å². The zero-order valence-corrected chi connectivity index (χ0v) is 15.6. The van der Waals surface area contributed by atoms with Gasteiger partial charge in [0.15, 0.2) is 0 Å². The Hall–Kier alpha value is -0.950. The molecule has 0 bridgehead atoms. The molecule has 1 aromatic rings. The lowest BCUT2D eigenvalue weighted by atomic mass is 10.0. The molecule has 2 heterocycles. The molecule has 0 aromatic heterocycles. The Bertz CT molecular complexity index is 530. The van der Waals surface area contributed by atoms with Gasteiger partial charge in [0, 0.05) is 17.1 Å². The van der Waals surface area contributed by atoms with E-state index in [1.54, 1.807) is 0 Å². The first-order valence-electron chi connectivity index (χ1n) is 8.99. The van der Waals surface area contributed by atoms with E-state index >= 15 is 0 Å². The number of hydrogen-bond donors (Lipinski definition) is 3. The van der Waals surface area contributed by atoms with Gasteiger partial charge in [0.25, 0.3) is 0 Å². The monoisotopic (exact) mass is 394 g/mol. The van der Waals surface area contributed by atoms with Gasteiger partial charge in [-0.3, -0.25) is 4.79 Å². The molecule has 0 aliphatic carbocycles. The van der Waals surface area contributed by atoms with Gasteiger partial charge in [-0.15, -0.1) is 0 Å². The van der Waals surface area contributed by atoms with Gasteiger partial charge in [-0.05, 0) is 63.0 Å². The van der Waals surface area contributed by atoms with E-state index in [1.165, 1.54) is 37.9 Å². The minimum Gasteiger partial charge on any atom is -0.355 e. The van der Waals surface area contributed by atoms with Crippen molar-refractivity contribution < 1.29 is 4.79 Å². The van der Waals surface area contributed by atoms with Crippen LogP contribution < -0.4 is 16.2 Å². The highest BCUT2D eigenvalue weighted by Crippen LogP contribution is 2.23. The first kappa shape index (κ1) is 17.9. The van der Waals surface area contributed by atoms with Crippen molar-refractivity contribution in [3.05, 3.63) is 34.3 Å². The summed E-state index contributed by atoms with van der Waals surface area (Å²) in [5.74, 6) is 0.0979. The highest BCUT2D eigenvalue weighted by atomic mass is 79.9. The van der Waals surface area contributed by atoms with Crippen LogP contribution in [0.5, 0.6) is 0 Å². The average Bonchev–Trinajstić information content (AvgIpc) is 3.10. The summed E-state index contributed by atoms with van der Waals surface area (Å²) in [4.78, 5) is 14.8. The summed E-state index contributed by atoms with van der Waals surface area (Å²) < 4.78 is 1.07. The van der Waals surface area contributed by atoms with Crippen molar-refractivity contribution in [3.8, 4) is 0 Å². The van der Waals surface area contributed by atoms with E-state index in [9.17, 15) is 4.79 Å². The van der Waals surface area contributed by atoms with E-state index in [0.717, 1.165) is 30.4 Å². The van der Waals surface area contributed by atoms with Crippen LogP contribution in [-0.2, 0) is 4.79 Å². The molecule has 0 radical (unpaired) electrons. The highest BCUT2D eigenvalue weighted by Gasteiger charge is 2.29. The number of nitrogens with zero attached hydrogens (tertiary/aromatic N) is 1. The molecule has 24 heavy (non-hydrogen) atoms. The van der Waals surface area contributed by atoms with Gasteiger partial charge in [0.1, 0.15) is 6.04 Å². The van der Waals surface area contributed by atoms with Crippen molar-refractivity contribution in [1.29, 1.82) is 0 Å². The van der Waals surface area contributed by atoms with E-state index in [-0.39, 0.29) is 18.0 Å². The lowest BCUT2D eigenvalue weighted by Gasteiger charge is -2.26. The van der Waals surface area contributed by atoms with Gasteiger partial charge in [-0.25, -0.2) is 10.9 Å². The molecule has 1 aromatic carbocycles. The molecule has 0 spiro atoms. The lowest BCUT2D eigenvalue weighted by molar-refractivity contribution is -0.122. The number of rotatable bonds is 6. The highest BCUT2D eigenvalue weighted by molar-refractivity contribution is 9.10. The zero-order valence-electron chi connectivity index (χ0n) is 14.1. The van der Waals surface area contributed by atoms with Gasteiger partial charge in [-0.2, -0.15) is 0 Å². The Morgan fingerprint density at radius 1 is 1.17 bits per heavy atom. The molecule has 6 heteroatoms. The summed E-state index contributed by atoms with van der Waals surface area (Å²) in [6, 6.07) is 8.26. The maximum atomic E-state index is 12.3. The van der Waals surface area contributed by atoms with Crippen molar-refractivity contribution in [1.82, 2.24) is 21.1 Å².